The van der Waals surface area contributed by atoms with Crippen molar-refractivity contribution in [3.63, 3.8) is 0 Å². The van der Waals surface area contributed by atoms with E-state index in [0.717, 1.165) is 0 Å². The fourth-order valence-corrected chi connectivity index (χ4v) is 3.30. The molecule has 0 aliphatic carbocycles. The Morgan fingerprint density at radius 3 is 2.05 bits per heavy atom. The van der Waals surface area contributed by atoms with Crippen LogP contribution < -0.4 is 9.13 Å². The number of aryl methyl sites for hydroxylation is 2. The highest BCUT2D eigenvalue weighted by atomic mass is 15.0. The van der Waals surface area contributed by atoms with Crippen molar-refractivity contribution in [2.24, 2.45) is 14.1 Å². The van der Waals surface area contributed by atoms with Gasteiger partial charge in [0, 0.05) is 23.6 Å². The van der Waals surface area contributed by atoms with Gasteiger partial charge in [0.1, 0.15) is 14.1 Å². The van der Waals surface area contributed by atoms with E-state index in [-0.39, 0.29) is 0 Å². The van der Waals surface area contributed by atoms with E-state index in [1.54, 1.807) is 0 Å². The molecule has 0 saturated heterocycles. The van der Waals surface area contributed by atoms with Crippen LogP contribution in [0.4, 0.5) is 0 Å². The van der Waals surface area contributed by atoms with Gasteiger partial charge in [-0.2, -0.15) is 9.13 Å². The first kappa shape index (κ1) is 13.0. The summed E-state index contributed by atoms with van der Waals surface area (Å²) in [5.74, 6) is 0. The van der Waals surface area contributed by atoms with Gasteiger partial charge < -0.3 is 0 Å². The number of benzene rings is 2. The van der Waals surface area contributed by atoms with Crippen LogP contribution >= 0.6 is 0 Å². The number of hydrogen-bond acceptors (Lipinski definition) is 0. The Morgan fingerprint density at radius 2 is 1.27 bits per heavy atom. The number of aromatic nitrogens is 2. The summed E-state index contributed by atoms with van der Waals surface area (Å²) in [6, 6.07) is 23.6. The van der Waals surface area contributed by atoms with Gasteiger partial charge >= 0.3 is 0 Å². The van der Waals surface area contributed by atoms with Crippen molar-refractivity contribution in [1.82, 2.24) is 0 Å². The number of nitrogens with zero attached hydrogens (tertiary/aromatic N) is 2. The molecule has 0 saturated carbocycles. The summed E-state index contributed by atoms with van der Waals surface area (Å²) in [6.45, 7) is 0. The van der Waals surface area contributed by atoms with E-state index in [0.29, 0.717) is 0 Å². The van der Waals surface area contributed by atoms with E-state index in [4.69, 9.17) is 0 Å². The average Bonchev–Trinajstić information content (AvgIpc) is 2.57. The lowest BCUT2D eigenvalue weighted by atomic mass is 10.0. The van der Waals surface area contributed by atoms with Gasteiger partial charge in [0.15, 0.2) is 6.20 Å². The normalized spacial score (nSPS) is 11.2. The molecule has 0 aliphatic rings. The molecule has 2 heterocycles. The minimum absolute atomic E-state index is 1.21. The van der Waals surface area contributed by atoms with Crippen molar-refractivity contribution in [3.05, 3.63) is 72.9 Å². The number of pyridine rings is 2. The van der Waals surface area contributed by atoms with E-state index in [9.17, 15) is 0 Å². The smallest absolute Gasteiger partial charge is 0.196 e. The van der Waals surface area contributed by atoms with Crippen molar-refractivity contribution in [2.45, 2.75) is 0 Å². The third-order valence-electron chi connectivity index (χ3n) is 4.37. The Balaban J connectivity index is 2.26. The predicted octanol–water partition coefficient (Wildman–Crippen LogP) is 3.31. The van der Waals surface area contributed by atoms with E-state index < -0.39 is 0 Å². The maximum absolute atomic E-state index is 2.30. The number of rotatable bonds is 1. The fourth-order valence-electron chi connectivity index (χ4n) is 3.30. The second-order valence-corrected chi connectivity index (χ2v) is 5.67. The Kier molecular flexibility index (Phi) is 2.90. The van der Waals surface area contributed by atoms with Crippen LogP contribution in [0.5, 0.6) is 0 Å². The highest BCUT2D eigenvalue weighted by Gasteiger charge is 2.25. The van der Waals surface area contributed by atoms with Crippen LogP contribution in [0.25, 0.3) is 33.1 Å². The van der Waals surface area contributed by atoms with Gasteiger partial charge in [0.2, 0.25) is 5.52 Å². The van der Waals surface area contributed by atoms with E-state index in [2.05, 4.69) is 96.2 Å². The molecular formula is C20H18N2+2. The van der Waals surface area contributed by atoms with Crippen LogP contribution in [-0.4, -0.2) is 0 Å². The molecule has 22 heavy (non-hydrogen) atoms. The Hall–Kier alpha value is -2.74. The van der Waals surface area contributed by atoms with Crippen molar-refractivity contribution >= 4 is 21.7 Å². The zero-order valence-electron chi connectivity index (χ0n) is 12.8. The van der Waals surface area contributed by atoms with E-state index in [1.807, 2.05) is 0 Å². The summed E-state index contributed by atoms with van der Waals surface area (Å²) in [6.07, 6.45) is 2.10. The van der Waals surface area contributed by atoms with Crippen molar-refractivity contribution < 1.29 is 9.13 Å². The highest BCUT2D eigenvalue weighted by Crippen LogP contribution is 2.29. The van der Waals surface area contributed by atoms with Crippen LogP contribution in [0.2, 0.25) is 0 Å². The van der Waals surface area contributed by atoms with Gasteiger partial charge in [0.25, 0.3) is 11.4 Å². The van der Waals surface area contributed by atoms with Gasteiger partial charge in [-0.3, -0.25) is 0 Å². The summed E-state index contributed by atoms with van der Waals surface area (Å²) in [5.41, 5.74) is 3.71. The summed E-state index contributed by atoms with van der Waals surface area (Å²) >= 11 is 0. The van der Waals surface area contributed by atoms with Crippen molar-refractivity contribution in [2.75, 3.05) is 0 Å². The molecule has 2 heteroatoms. The van der Waals surface area contributed by atoms with Crippen molar-refractivity contribution in [1.29, 1.82) is 0 Å². The molecule has 0 unspecified atom stereocenters. The van der Waals surface area contributed by atoms with Crippen molar-refractivity contribution in [3.8, 4) is 11.4 Å². The molecule has 0 N–H and O–H groups in total. The highest BCUT2D eigenvalue weighted by molar-refractivity contribution is 6.08. The van der Waals surface area contributed by atoms with Crippen LogP contribution in [0.1, 0.15) is 0 Å². The SMILES string of the molecule is C[n+]1ccccc1-c1c2ccccc2c2ccccc2[n+]1C. The summed E-state index contributed by atoms with van der Waals surface area (Å²) < 4.78 is 4.48. The summed E-state index contributed by atoms with van der Waals surface area (Å²) in [4.78, 5) is 0. The van der Waals surface area contributed by atoms with E-state index >= 15 is 0 Å². The number of hydrogen-bond donors (Lipinski definition) is 0. The summed E-state index contributed by atoms with van der Waals surface area (Å²) in [7, 11) is 4.25. The topological polar surface area (TPSA) is 7.76 Å². The Labute approximate surface area is 129 Å². The molecule has 2 aromatic heterocycles. The molecule has 0 spiro atoms. The van der Waals surface area contributed by atoms with Gasteiger partial charge in [-0.1, -0.05) is 30.3 Å². The lowest BCUT2D eigenvalue weighted by Gasteiger charge is -2.07. The molecule has 0 atom stereocenters. The molecule has 2 aromatic carbocycles. The van der Waals surface area contributed by atoms with Gasteiger partial charge in [-0.15, -0.1) is 0 Å². The number of fused-ring (bicyclic) bond motifs is 3. The molecule has 0 fully saturated rings. The van der Waals surface area contributed by atoms with Gasteiger partial charge in [-0.05, 0) is 18.2 Å². The van der Waals surface area contributed by atoms with Crippen LogP contribution in [0.15, 0.2) is 72.9 Å². The summed E-state index contributed by atoms with van der Waals surface area (Å²) in [5, 5.41) is 3.88. The Bertz CT molecular complexity index is 1000. The van der Waals surface area contributed by atoms with E-state index in [1.165, 1.54) is 33.1 Å². The van der Waals surface area contributed by atoms with Crippen LogP contribution in [-0.2, 0) is 14.1 Å². The molecule has 106 valence electrons. The fraction of sp³-hybridized carbons (Fsp3) is 0.100. The minimum atomic E-state index is 1.21. The second-order valence-electron chi connectivity index (χ2n) is 5.67. The van der Waals surface area contributed by atoms with Crippen LogP contribution in [0.3, 0.4) is 0 Å². The van der Waals surface area contributed by atoms with Gasteiger partial charge in [0.05, 0.1) is 10.8 Å². The molecule has 4 aromatic rings. The average molecular weight is 286 g/mol. The largest absolute Gasteiger partial charge is 0.285 e. The zero-order valence-corrected chi connectivity index (χ0v) is 12.8. The monoisotopic (exact) mass is 286 g/mol. The standard InChI is InChI=1S/C20H18N2/c1-21-14-8-7-13-19(21)20-17-11-4-3-9-15(17)16-10-5-6-12-18(16)22(20)2/h3-14H,1-2H3/q+2. The molecule has 4 rings (SSSR count). The third-order valence-corrected chi connectivity index (χ3v) is 4.37. The maximum atomic E-state index is 2.30. The second kappa shape index (κ2) is 4.92. The first-order valence-corrected chi connectivity index (χ1v) is 7.52. The molecule has 0 radical (unpaired) electrons. The maximum Gasteiger partial charge on any atom is 0.285 e. The lowest BCUT2D eigenvalue weighted by molar-refractivity contribution is -0.679. The molecular weight excluding hydrogens is 268 g/mol. The lowest BCUT2D eigenvalue weighted by Crippen LogP contribution is -2.39. The first-order chi connectivity index (χ1) is 10.8. The van der Waals surface area contributed by atoms with Crippen LogP contribution in [0, 0.1) is 0 Å². The molecule has 0 amide bonds. The zero-order chi connectivity index (χ0) is 15.1. The molecule has 0 aliphatic heterocycles. The number of para-hydroxylation sites is 1. The third kappa shape index (κ3) is 1.81. The Morgan fingerprint density at radius 1 is 0.636 bits per heavy atom. The molecule has 2 nitrogen and oxygen atoms in total. The first-order valence-electron chi connectivity index (χ1n) is 7.52. The van der Waals surface area contributed by atoms with Gasteiger partial charge in [-0.25, -0.2) is 0 Å². The quantitative estimate of drug-likeness (QED) is 0.375. The predicted molar refractivity (Wildman–Crippen MR) is 89.2 cm³/mol. The minimum Gasteiger partial charge on any atom is -0.196 e. The molecule has 0 bridgehead atoms.